The van der Waals surface area contributed by atoms with E-state index in [1.54, 1.807) is 0 Å². The molecule has 0 radical (unpaired) electrons. The highest BCUT2D eigenvalue weighted by molar-refractivity contribution is 7.87. The molecule has 0 fully saturated rings. The molecule has 0 unspecified atom stereocenters. The summed E-state index contributed by atoms with van der Waals surface area (Å²) in [6, 6.07) is 0. The van der Waals surface area contributed by atoms with E-state index in [9.17, 15) is 21.6 Å². The summed E-state index contributed by atoms with van der Waals surface area (Å²) in [5, 5.41) is 0. The number of rotatable bonds is 2. The van der Waals surface area contributed by atoms with Crippen molar-refractivity contribution in [1.82, 2.24) is 0 Å². The second-order valence-corrected chi connectivity index (χ2v) is 2.73. The fourth-order valence-corrected chi connectivity index (χ4v) is 0.432. The van der Waals surface area contributed by atoms with E-state index in [1.807, 2.05) is 0 Å². The summed E-state index contributed by atoms with van der Waals surface area (Å²) < 4.78 is 56.7. The van der Waals surface area contributed by atoms with Crippen molar-refractivity contribution in [3.05, 3.63) is 12.8 Å². The number of alkyl halides is 3. The molecule has 0 aromatic carbocycles. The first-order valence-corrected chi connectivity index (χ1v) is 3.32. The van der Waals surface area contributed by atoms with Gasteiger partial charge in [0, 0.05) is 0 Å². The molecule has 0 aromatic heterocycles. The summed E-state index contributed by atoms with van der Waals surface area (Å²) in [7, 11) is -5.47. The van der Waals surface area contributed by atoms with Crippen LogP contribution < -0.4 is 0 Å². The van der Waals surface area contributed by atoms with Crippen molar-refractivity contribution in [3.63, 3.8) is 0 Å². The van der Waals surface area contributed by atoms with E-state index in [0.29, 0.717) is 0 Å². The highest BCUT2D eigenvalue weighted by Crippen LogP contribution is 2.24. The third-order valence-electron chi connectivity index (χ3n) is 0.478. The van der Waals surface area contributed by atoms with Crippen LogP contribution in [0.4, 0.5) is 13.2 Å². The lowest BCUT2D eigenvalue weighted by Gasteiger charge is -2.04. The van der Waals surface area contributed by atoms with Crippen LogP contribution in [0, 0.1) is 0 Å². The fourth-order valence-electron chi connectivity index (χ4n) is 0.144. The first-order chi connectivity index (χ1) is 4.31. The molecule has 0 aliphatic carbocycles. The maximum absolute atomic E-state index is 11.3. The summed E-state index contributed by atoms with van der Waals surface area (Å²) in [5.41, 5.74) is -5.37. The van der Waals surface area contributed by atoms with Crippen LogP contribution in [0.5, 0.6) is 0 Å². The number of halogens is 3. The van der Waals surface area contributed by atoms with E-state index in [0.717, 1.165) is 0 Å². The molecule has 0 aromatic rings. The molecule has 0 saturated carbocycles. The van der Waals surface area contributed by atoms with Crippen molar-refractivity contribution in [3.8, 4) is 0 Å². The van der Waals surface area contributed by atoms with E-state index in [1.165, 1.54) is 0 Å². The normalized spacial score (nSPS) is 11.5. The lowest BCUT2D eigenvalue weighted by molar-refractivity contribution is -0.0514. The molecule has 0 N–H and O–H groups in total. The molecule has 0 amide bonds. The molecule has 0 aliphatic heterocycles. The highest BCUT2D eigenvalue weighted by Gasteiger charge is 2.47. The van der Waals surface area contributed by atoms with Gasteiger partial charge < -0.3 is 4.18 Å². The molecule has 0 heterocycles. The largest absolute Gasteiger partial charge is 0.534 e. The summed E-state index contributed by atoms with van der Waals surface area (Å²) in [6.45, 7) is 2.66. The summed E-state index contributed by atoms with van der Waals surface area (Å²) in [6.07, 6.45) is 0.197. The first-order valence-electron chi connectivity index (χ1n) is 1.92. The Bertz CT molecular complexity index is 216. The van der Waals surface area contributed by atoms with Crippen molar-refractivity contribution in [2.24, 2.45) is 0 Å². The summed E-state index contributed by atoms with van der Waals surface area (Å²) in [4.78, 5) is 0. The van der Waals surface area contributed by atoms with Gasteiger partial charge in [0.1, 0.15) is 0 Å². The van der Waals surface area contributed by atoms with Gasteiger partial charge in [0.25, 0.3) is 0 Å². The van der Waals surface area contributed by atoms with Gasteiger partial charge in [0.2, 0.25) is 0 Å². The summed E-state index contributed by atoms with van der Waals surface area (Å²) >= 11 is 0. The van der Waals surface area contributed by atoms with Gasteiger partial charge >= 0.3 is 15.6 Å². The predicted octanol–water partition coefficient (Wildman–Crippen LogP) is 1.11. The van der Waals surface area contributed by atoms with Crippen molar-refractivity contribution >= 4 is 23.6 Å². The van der Waals surface area contributed by atoms with Crippen molar-refractivity contribution < 1.29 is 25.8 Å². The first kappa shape index (κ1) is 13.2. The fraction of sp³-hybridized carbons (Fsp3) is 0.333. The molecule has 68 valence electrons. The minimum Gasteiger partial charge on any atom is -0.385 e. The molecule has 3 nitrogen and oxygen atoms in total. The van der Waals surface area contributed by atoms with E-state index in [-0.39, 0.29) is 19.8 Å². The Morgan fingerprint density at radius 2 is 1.73 bits per heavy atom. The molecule has 0 atom stereocenters. The van der Waals surface area contributed by atoms with Crippen molar-refractivity contribution in [2.75, 3.05) is 0 Å². The SMILES string of the molecule is C=COS(=O)(=O)C(F)(F)F.S. The predicted molar refractivity (Wildman–Crippen MR) is 36.6 cm³/mol. The zero-order chi connectivity index (χ0) is 8.41. The third-order valence-corrected chi connectivity index (χ3v) is 1.43. The van der Waals surface area contributed by atoms with Gasteiger partial charge in [-0.3, -0.25) is 0 Å². The second-order valence-electron chi connectivity index (χ2n) is 1.16. The van der Waals surface area contributed by atoms with Gasteiger partial charge in [-0.15, -0.1) is 0 Å². The molecule has 0 spiro atoms. The van der Waals surface area contributed by atoms with Crippen LogP contribution in [0.3, 0.4) is 0 Å². The lowest BCUT2D eigenvalue weighted by Crippen LogP contribution is -2.23. The molecular formula is C3H5F3O3S2. The molecule has 0 saturated heterocycles. The van der Waals surface area contributed by atoms with Crippen LogP contribution in [0.2, 0.25) is 0 Å². The highest BCUT2D eigenvalue weighted by atomic mass is 32.2. The quantitative estimate of drug-likeness (QED) is 0.389. The molecule has 8 heteroatoms. The van der Waals surface area contributed by atoms with Crippen LogP contribution in [0.15, 0.2) is 12.8 Å². The maximum Gasteiger partial charge on any atom is 0.534 e. The van der Waals surface area contributed by atoms with Gasteiger partial charge in [0.15, 0.2) is 0 Å². The van der Waals surface area contributed by atoms with Gasteiger partial charge in [-0.1, -0.05) is 6.58 Å². The van der Waals surface area contributed by atoms with Crippen LogP contribution in [0.1, 0.15) is 0 Å². The molecule has 0 rings (SSSR count). The molecule has 11 heavy (non-hydrogen) atoms. The van der Waals surface area contributed by atoms with Crippen LogP contribution >= 0.6 is 13.5 Å². The zero-order valence-corrected chi connectivity index (χ0v) is 6.87. The summed E-state index contributed by atoms with van der Waals surface area (Å²) in [5.74, 6) is 0. The third kappa shape index (κ3) is 3.51. The Morgan fingerprint density at radius 1 is 1.36 bits per heavy atom. The monoisotopic (exact) mass is 210 g/mol. The zero-order valence-electron chi connectivity index (χ0n) is 5.05. The van der Waals surface area contributed by atoms with Crippen molar-refractivity contribution in [2.45, 2.75) is 5.51 Å². The van der Waals surface area contributed by atoms with E-state index in [4.69, 9.17) is 0 Å². The Balaban J connectivity index is 0. The minimum absolute atomic E-state index is 0. The van der Waals surface area contributed by atoms with Crippen LogP contribution in [-0.2, 0) is 14.3 Å². The van der Waals surface area contributed by atoms with Crippen LogP contribution in [-0.4, -0.2) is 13.9 Å². The lowest BCUT2D eigenvalue weighted by atomic mass is 11.2. The van der Waals surface area contributed by atoms with Gasteiger partial charge in [-0.2, -0.15) is 35.1 Å². The Morgan fingerprint density at radius 3 is 1.82 bits per heavy atom. The molecule has 0 aliphatic rings. The maximum atomic E-state index is 11.3. The number of hydrogen-bond donors (Lipinski definition) is 0. The van der Waals surface area contributed by atoms with Gasteiger partial charge in [-0.25, -0.2) is 0 Å². The average molecular weight is 210 g/mol. The van der Waals surface area contributed by atoms with Crippen LogP contribution in [0.25, 0.3) is 0 Å². The van der Waals surface area contributed by atoms with Crippen molar-refractivity contribution in [1.29, 1.82) is 0 Å². The standard InChI is InChI=1S/C3H3F3O3S.H2S/c1-2-9-10(7,8)3(4,5)6;/h2H,1H2;1H2. The topological polar surface area (TPSA) is 43.4 Å². The van der Waals surface area contributed by atoms with Gasteiger partial charge in [0.05, 0.1) is 6.26 Å². The molecular weight excluding hydrogens is 205 g/mol. The Labute approximate surface area is 68.4 Å². The van der Waals surface area contributed by atoms with Gasteiger partial charge in [-0.05, 0) is 0 Å². The Kier molecular flexibility index (Phi) is 4.65. The average Bonchev–Trinajstić information content (AvgIpc) is 1.61. The smallest absolute Gasteiger partial charge is 0.385 e. The van der Waals surface area contributed by atoms with E-state index >= 15 is 0 Å². The number of hydrogen-bond acceptors (Lipinski definition) is 3. The minimum atomic E-state index is -5.47. The van der Waals surface area contributed by atoms with E-state index in [2.05, 4.69) is 10.8 Å². The van der Waals surface area contributed by atoms with E-state index < -0.39 is 15.6 Å². The molecule has 0 bridgehead atoms. The Hall–Kier alpha value is -0.370. The second kappa shape index (κ2) is 3.86.